The number of anilines is 2. The van der Waals surface area contributed by atoms with E-state index in [9.17, 15) is 4.79 Å². The molecule has 0 unspecified atom stereocenters. The van der Waals surface area contributed by atoms with Crippen LogP contribution < -0.4 is 19.7 Å². The minimum Gasteiger partial charge on any atom is -0.454 e. The number of carbonyl (C=O) groups excluding carboxylic acids is 1. The molecular formula is C22H22N4O3S. The first-order valence-corrected chi connectivity index (χ1v) is 10.8. The fourth-order valence-corrected chi connectivity index (χ4v) is 4.48. The van der Waals surface area contributed by atoms with Gasteiger partial charge < -0.3 is 19.7 Å². The largest absolute Gasteiger partial charge is 0.454 e. The summed E-state index contributed by atoms with van der Waals surface area (Å²) in [5.74, 6) is 1.47. The van der Waals surface area contributed by atoms with Gasteiger partial charge in [-0.1, -0.05) is 24.3 Å². The van der Waals surface area contributed by atoms with E-state index in [1.54, 1.807) is 0 Å². The lowest BCUT2D eigenvalue weighted by molar-refractivity contribution is 0.102. The predicted octanol–water partition coefficient (Wildman–Crippen LogP) is 3.45. The summed E-state index contributed by atoms with van der Waals surface area (Å²) in [7, 11) is 0. The number of piperazine rings is 1. The van der Waals surface area contributed by atoms with Crippen LogP contribution in [0.3, 0.4) is 0 Å². The van der Waals surface area contributed by atoms with Crippen molar-refractivity contribution >= 4 is 28.1 Å². The highest BCUT2D eigenvalue weighted by Gasteiger charge is 2.22. The van der Waals surface area contributed by atoms with Crippen LogP contribution in [0.5, 0.6) is 11.5 Å². The number of benzene rings is 2. The number of hydrogen-bond donors (Lipinski definition) is 1. The maximum Gasteiger partial charge on any atom is 0.275 e. The van der Waals surface area contributed by atoms with Crippen LogP contribution in [-0.2, 0) is 6.54 Å². The van der Waals surface area contributed by atoms with Crippen LogP contribution in [0.15, 0.2) is 53.9 Å². The average Bonchev–Trinajstić information content (AvgIpc) is 3.45. The number of nitrogens with one attached hydrogen (secondary N) is 1. The van der Waals surface area contributed by atoms with Crippen molar-refractivity contribution in [2.24, 2.45) is 0 Å². The number of para-hydroxylation sites is 1. The normalized spacial score (nSPS) is 15.9. The van der Waals surface area contributed by atoms with Gasteiger partial charge in [0, 0.05) is 43.8 Å². The Morgan fingerprint density at radius 1 is 1.03 bits per heavy atom. The number of nitrogens with zero attached hydrogens (tertiary/aromatic N) is 3. The molecule has 0 saturated carbocycles. The fraction of sp³-hybridized carbons (Fsp3) is 0.273. The zero-order chi connectivity index (χ0) is 20.3. The first kappa shape index (κ1) is 18.9. The van der Waals surface area contributed by atoms with Crippen LogP contribution >= 0.6 is 11.3 Å². The van der Waals surface area contributed by atoms with Crippen LogP contribution in [0.1, 0.15) is 16.1 Å². The van der Waals surface area contributed by atoms with Crippen molar-refractivity contribution in [3.63, 3.8) is 0 Å². The second-order valence-electron chi connectivity index (χ2n) is 7.29. The summed E-state index contributed by atoms with van der Waals surface area (Å²) in [6.07, 6.45) is 0. The number of thiazole rings is 1. The molecule has 3 aromatic rings. The van der Waals surface area contributed by atoms with E-state index in [-0.39, 0.29) is 5.91 Å². The number of aromatic nitrogens is 1. The Morgan fingerprint density at radius 2 is 1.83 bits per heavy atom. The van der Waals surface area contributed by atoms with Crippen molar-refractivity contribution in [3.8, 4) is 11.5 Å². The smallest absolute Gasteiger partial charge is 0.275 e. The molecule has 0 atom stereocenters. The molecule has 8 heteroatoms. The summed E-state index contributed by atoms with van der Waals surface area (Å²) in [5.41, 5.74) is 2.46. The molecular weight excluding hydrogens is 400 g/mol. The second-order valence-corrected chi connectivity index (χ2v) is 8.12. The second kappa shape index (κ2) is 8.33. The summed E-state index contributed by atoms with van der Waals surface area (Å²) in [4.78, 5) is 21.7. The summed E-state index contributed by atoms with van der Waals surface area (Å²) < 4.78 is 10.9. The van der Waals surface area contributed by atoms with E-state index in [1.807, 2.05) is 41.8 Å². The summed E-state index contributed by atoms with van der Waals surface area (Å²) >= 11 is 1.52. The average molecular weight is 423 g/mol. The molecule has 2 aromatic carbocycles. The van der Waals surface area contributed by atoms with Crippen molar-refractivity contribution in [1.82, 2.24) is 9.88 Å². The highest BCUT2D eigenvalue weighted by Crippen LogP contribution is 2.33. The van der Waals surface area contributed by atoms with Crippen LogP contribution in [0.4, 0.5) is 10.8 Å². The third-order valence-electron chi connectivity index (χ3n) is 5.24. The van der Waals surface area contributed by atoms with Gasteiger partial charge in [-0.3, -0.25) is 9.69 Å². The molecule has 3 heterocycles. The van der Waals surface area contributed by atoms with Crippen LogP contribution in [-0.4, -0.2) is 48.8 Å². The zero-order valence-electron chi connectivity index (χ0n) is 16.4. The van der Waals surface area contributed by atoms with Gasteiger partial charge in [0.25, 0.3) is 5.91 Å². The standard InChI is InChI=1S/C22H22N4O3S/c27-21(23-17-4-2-1-3-5-17)18-14-30-22(24-18)26-10-8-25(9-11-26)13-16-6-7-19-20(12-16)29-15-28-19/h1-7,12,14H,8-11,13,15H2,(H,23,27). The van der Waals surface area contributed by atoms with Gasteiger partial charge >= 0.3 is 0 Å². The molecule has 1 fully saturated rings. The summed E-state index contributed by atoms with van der Waals surface area (Å²) in [6, 6.07) is 15.6. The minimum atomic E-state index is -0.176. The summed E-state index contributed by atoms with van der Waals surface area (Å²) in [6.45, 7) is 4.85. The molecule has 2 aliphatic rings. The number of carbonyl (C=O) groups is 1. The molecule has 0 spiro atoms. The topological polar surface area (TPSA) is 66.9 Å². The third kappa shape index (κ3) is 4.10. The summed E-state index contributed by atoms with van der Waals surface area (Å²) in [5, 5.41) is 5.61. The molecule has 0 bridgehead atoms. The number of fused-ring (bicyclic) bond motifs is 1. The molecule has 1 aromatic heterocycles. The highest BCUT2D eigenvalue weighted by atomic mass is 32.1. The Bertz CT molecular complexity index is 1030. The Balaban J connectivity index is 1.16. The van der Waals surface area contributed by atoms with Gasteiger partial charge in [-0.25, -0.2) is 4.98 Å². The molecule has 154 valence electrons. The van der Waals surface area contributed by atoms with Crippen LogP contribution in [0.2, 0.25) is 0 Å². The van der Waals surface area contributed by atoms with Gasteiger partial charge in [0.05, 0.1) is 0 Å². The van der Waals surface area contributed by atoms with Crippen LogP contribution in [0, 0.1) is 0 Å². The van der Waals surface area contributed by atoms with E-state index in [2.05, 4.69) is 32.2 Å². The van der Waals surface area contributed by atoms with E-state index < -0.39 is 0 Å². The quantitative estimate of drug-likeness (QED) is 0.679. The van der Waals surface area contributed by atoms with Gasteiger partial charge in [0.15, 0.2) is 16.6 Å². The maximum atomic E-state index is 12.4. The molecule has 1 saturated heterocycles. The Kier molecular flexibility index (Phi) is 5.25. The lowest BCUT2D eigenvalue weighted by Crippen LogP contribution is -2.46. The molecule has 2 aliphatic heterocycles. The van der Waals surface area contributed by atoms with E-state index in [1.165, 1.54) is 16.9 Å². The SMILES string of the molecule is O=C(Nc1ccccc1)c1csc(N2CCN(Cc3ccc4c(c3)OCO4)CC2)n1. The molecule has 0 radical (unpaired) electrons. The third-order valence-corrected chi connectivity index (χ3v) is 6.14. The number of ether oxygens (including phenoxy) is 2. The van der Waals surface area contributed by atoms with Gasteiger partial charge in [0.2, 0.25) is 6.79 Å². The molecule has 1 N–H and O–H groups in total. The number of rotatable bonds is 5. The predicted molar refractivity (Wildman–Crippen MR) is 117 cm³/mol. The van der Waals surface area contributed by atoms with E-state index in [0.29, 0.717) is 12.5 Å². The Morgan fingerprint density at radius 3 is 2.67 bits per heavy atom. The van der Waals surface area contributed by atoms with Crippen molar-refractivity contribution in [2.45, 2.75) is 6.54 Å². The number of amides is 1. The fourth-order valence-electron chi connectivity index (χ4n) is 3.63. The molecule has 5 rings (SSSR count). The van der Waals surface area contributed by atoms with E-state index in [4.69, 9.17) is 9.47 Å². The van der Waals surface area contributed by atoms with Crippen LogP contribution in [0.25, 0.3) is 0 Å². The lowest BCUT2D eigenvalue weighted by Gasteiger charge is -2.34. The van der Waals surface area contributed by atoms with Crippen molar-refractivity contribution in [3.05, 3.63) is 65.2 Å². The zero-order valence-corrected chi connectivity index (χ0v) is 17.2. The first-order chi connectivity index (χ1) is 14.7. The van der Waals surface area contributed by atoms with Crippen molar-refractivity contribution < 1.29 is 14.3 Å². The Hall–Kier alpha value is -3.10. The first-order valence-electron chi connectivity index (χ1n) is 9.92. The van der Waals surface area contributed by atoms with Gasteiger partial charge in [-0.2, -0.15) is 0 Å². The maximum absolute atomic E-state index is 12.4. The highest BCUT2D eigenvalue weighted by molar-refractivity contribution is 7.14. The van der Waals surface area contributed by atoms with E-state index in [0.717, 1.165) is 55.0 Å². The molecule has 1 amide bonds. The molecule has 7 nitrogen and oxygen atoms in total. The van der Waals surface area contributed by atoms with Crippen molar-refractivity contribution in [1.29, 1.82) is 0 Å². The lowest BCUT2D eigenvalue weighted by atomic mass is 10.1. The molecule has 0 aliphatic carbocycles. The van der Waals surface area contributed by atoms with Gasteiger partial charge in [0.1, 0.15) is 5.69 Å². The van der Waals surface area contributed by atoms with E-state index >= 15 is 0 Å². The molecule has 30 heavy (non-hydrogen) atoms. The Labute approximate surface area is 178 Å². The van der Waals surface area contributed by atoms with Gasteiger partial charge in [-0.15, -0.1) is 11.3 Å². The van der Waals surface area contributed by atoms with Crippen molar-refractivity contribution in [2.75, 3.05) is 43.2 Å². The number of hydrogen-bond acceptors (Lipinski definition) is 7. The van der Waals surface area contributed by atoms with Gasteiger partial charge in [-0.05, 0) is 29.8 Å². The minimum absolute atomic E-state index is 0.176. The monoisotopic (exact) mass is 422 g/mol.